The number of carbonyl (C=O) groups excluding carboxylic acids is 3. The maximum atomic E-state index is 12.6. The molecular weight excluding hydrogens is 416 g/mol. The first-order valence-electron chi connectivity index (χ1n) is 9.83. The van der Waals surface area contributed by atoms with Gasteiger partial charge in [0.1, 0.15) is 5.75 Å². The fourth-order valence-electron chi connectivity index (χ4n) is 3.12. The van der Waals surface area contributed by atoms with E-state index in [1.807, 2.05) is 30.3 Å². The lowest BCUT2D eigenvalue weighted by Gasteiger charge is -2.18. The van der Waals surface area contributed by atoms with Crippen molar-refractivity contribution in [2.45, 2.75) is 18.9 Å². The van der Waals surface area contributed by atoms with Crippen molar-refractivity contribution in [3.05, 3.63) is 70.6 Å². The molecule has 0 aromatic heterocycles. The lowest BCUT2D eigenvalue weighted by Crippen LogP contribution is -2.41. The van der Waals surface area contributed by atoms with Gasteiger partial charge in [-0.25, -0.2) is 0 Å². The van der Waals surface area contributed by atoms with Gasteiger partial charge in [-0.2, -0.15) is 0 Å². The molecule has 1 fully saturated rings. The van der Waals surface area contributed by atoms with Crippen molar-refractivity contribution in [1.29, 1.82) is 0 Å². The zero-order chi connectivity index (χ0) is 22.2. The van der Waals surface area contributed by atoms with Crippen LogP contribution in [0.25, 0.3) is 6.08 Å². The summed E-state index contributed by atoms with van der Waals surface area (Å²) < 4.78 is 5.11. The molecule has 162 valence electrons. The highest BCUT2D eigenvalue weighted by atomic mass is 32.2. The molecule has 1 saturated heterocycles. The van der Waals surface area contributed by atoms with Crippen LogP contribution in [0, 0.1) is 0 Å². The van der Waals surface area contributed by atoms with Crippen molar-refractivity contribution in [3.63, 3.8) is 0 Å². The number of imide groups is 1. The van der Waals surface area contributed by atoms with E-state index in [2.05, 4.69) is 5.32 Å². The number of ether oxygens (including phenoxy) is 1. The standard InChI is InChI=1S/C23H24N2O5S/c1-30-19-9-7-17(8-10-19)14-20-22(28)25(23(29)31-20)12-11-21(27)24-18(15-26)13-16-5-3-2-4-6-16/h2-10,14,18,26H,11-13,15H2,1H3,(H,24,27)/b20-14-/t18-/m1/s1. The molecule has 2 aromatic carbocycles. The predicted octanol–water partition coefficient (Wildman–Crippen LogP) is 2.84. The third-order valence-corrected chi connectivity index (χ3v) is 5.67. The fraction of sp³-hybridized carbons (Fsp3) is 0.261. The van der Waals surface area contributed by atoms with E-state index in [4.69, 9.17) is 4.74 Å². The van der Waals surface area contributed by atoms with Crippen LogP contribution in [0.5, 0.6) is 5.75 Å². The van der Waals surface area contributed by atoms with Gasteiger partial charge in [0.25, 0.3) is 11.1 Å². The monoisotopic (exact) mass is 440 g/mol. The second kappa shape index (κ2) is 10.8. The van der Waals surface area contributed by atoms with E-state index < -0.39 is 17.2 Å². The molecule has 1 aliphatic rings. The molecule has 0 saturated carbocycles. The molecule has 3 amide bonds. The highest BCUT2D eigenvalue weighted by Gasteiger charge is 2.35. The number of methoxy groups -OCH3 is 1. The van der Waals surface area contributed by atoms with Crippen LogP contribution in [0.2, 0.25) is 0 Å². The first-order chi connectivity index (χ1) is 15.0. The van der Waals surface area contributed by atoms with Gasteiger partial charge >= 0.3 is 0 Å². The lowest BCUT2D eigenvalue weighted by molar-refractivity contribution is -0.124. The number of rotatable bonds is 9. The summed E-state index contributed by atoms with van der Waals surface area (Å²) in [5.41, 5.74) is 1.77. The Bertz CT molecular complexity index is 960. The molecule has 1 heterocycles. The normalized spacial score (nSPS) is 15.9. The number of nitrogens with zero attached hydrogens (tertiary/aromatic N) is 1. The molecule has 8 heteroatoms. The van der Waals surface area contributed by atoms with Gasteiger partial charge in [-0.05, 0) is 47.5 Å². The maximum Gasteiger partial charge on any atom is 0.293 e. The zero-order valence-corrected chi connectivity index (χ0v) is 17.9. The van der Waals surface area contributed by atoms with Crippen LogP contribution in [-0.4, -0.2) is 53.4 Å². The first-order valence-corrected chi connectivity index (χ1v) is 10.7. The number of carbonyl (C=O) groups is 3. The Kier molecular flexibility index (Phi) is 7.86. The Hall–Kier alpha value is -3.10. The van der Waals surface area contributed by atoms with Crippen LogP contribution in [0.15, 0.2) is 59.5 Å². The molecule has 0 aliphatic carbocycles. The molecular formula is C23H24N2O5S. The van der Waals surface area contributed by atoms with Crippen LogP contribution < -0.4 is 10.1 Å². The quantitative estimate of drug-likeness (QED) is 0.582. The summed E-state index contributed by atoms with van der Waals surface area (Å²) in [7, 11) is 1.57. The highest BCUT2D eigenvalue weighted by molar-refractivity contribution is 8.18. The van der Waals surface area contributed by atoms with Crippen LogP contribution in [-0.2, 0) is 16.0 Å². The summed E-state index contributed by atoms with van der Waals surface area (Å²) in [4.78, 5) is 38.5. The third kappa shape index (κ3) is 6.19. The average molecular weight is 441 g/mol. The maximum absolute atomic E-state index is 12.6. The predicted molar refractivity (Wildman–Crippen MR) is 119 cm³/mol. The number of hydrogen-bond acceptors (Lipinski definition) is 6. The highest BCUT2D eigenvalue weighted by Crippen LogP contribution is 2.32. The Morgan fingerprint density at radius 3 is 2.52 bits per heavy atom. The number of aliphatic hydroxyl groups excluding tert-OH is 1. The summed E-state index contributed by atoms with van der Waals surface area (Å²) in [6.45, 7) is -0.216. The summed E-state index contributed by atoms with van der Waals surface area (Å²) in [5, 5.41) is 11.9. The van der Waals surface area contributed by atoms with Crippen LogP contribution >= 0.6 is 11.8 Å². The van der Waals surface area contributed by atoms with E-state index in [9.17, 15) is 19.5 Å². The van der Waals surface area contributed by atoms with Crippen molar-refractivity contribution in [2.75, 3.05) is 20.3 Å². The minimum atomic E-state index is -0.431. The molecule has 3 rings (SSSR count). The van der Waals surface area contributed by atoms with Gasteiger partial charge in [-0.1, -0.05) is 42.5 Å². The van der Waals surface area contributed by atoms with E-state index in [0.717, 1.165) is 27.8 Å². The van der Waals surface area contributed by atoms with Gasteiger partial charge < -0.3 is 15.2 Å². The van der Waals surface area contributed by atoms with Crippen LogP contribution in [0.4, 0.5) is 4.79 Å². The minimum Gasteiger partial charge on any atom is -0.497 e. The van der Waals surface area contributed by atoms with Gasteiger partial charge in [0.2, 0.25) is 5.91 Å². The van der Waals surface area contributed by atoms with Crippen molar-refractivity contribution in [1.82, 2.24) is 10.2 Å². The van der Waals surface area contributed by atoms with Gasteiger partial charge in [-0.15, -0.1) is 0 Å². The van der Waals surface area contributed by atoms with E-state index in [1.165, 1.54) is 0 Å². The third-order valence-electron chi connectivity index (χ3n) is 4.76. The Morgan fingerprint density at radius 2 is 1.87 bits per heavy atom. The van der Waals surface area contributed by atoms with E-state index in [1.54, 1.807) is 37.5 Å². The first kappa shape index (κ1) is 22.6. The second-order valence-electron chi connectivity index (χ2n) is 6.99. The lowest BCUT2D eigenvalue weighted by atomic mass is 10.1. The number of nitrogens with one attached hydrogen (secondary N) is 1. The van der Waals surface area contributed by atoms with Gasteiger partial charge in [0.15, 0.2) is 0 Å². The fourth-order valence-corrected chi connectivity index (χ4v) is 3.98. The SMILES string of the molecule is COc1ccc(/C=C2\SC(=O)N(CCC(=O)N[C@@H](CO)Cc3ccccc3)C2=O)cc1. The Labute approximate surface area is 185 Å². The zero-order valence-electron chi connectivity index (χ0n) is 17.1. The topological polar surface area (TPSA) is 95.9 Å². The number of amides is 3. The Morgan fingerprint density at radius 1 is 1.16 bits per heavy atom. The van der Waals surface area contributed by atoms with Gasteiger partial charge in [-0.3, -0.25) is 19.3 Å². The van der Waals surface area contributed by atoms with Gasteiger partial charge in [0.05, 0.1) is 24.7 Å². The number of hydrogen-bond donors (Lipinski definition) is 2. The molecule has 31 heavy (non-hydrogen) atoms. The summed E-state index contributed by atoms with van der Waals surface area (Å²) in [6, 6.07) is 16.2. The molecule has 1 aliphatic heterocycles. The Balaban J connectivity index is 1.54. The van der Waals surface area contributed by atoms with Crippen molar-refractivity contribution < 1.29 is 24.2 Å². The summed E-state index contributed by atoms with van der Waals surface area (Å²) >= 11 is 0.854. The molecule has 0 bridgehead atoms. The number of thioether (sulfide) groups is 1. The van der Waals surface area contributed by atoms with Crippen molar-refractivity contribution in [2.24, 2.45) is 0 Å². The van der Waals surface area contributed by atoms with Crippen LogP contribution in [0.1, 0.15) is 17.5 Å². The van der Waals surface area contributed by atoms with E-state index >= 15 is 0 Å². The molecule has 0 unspecified atom stereocenters. The largest absolute Gasteiger partial charge is 0.497 e. The number of aliphatic hydroxyl groups is 1. The van der Waals surface area contributed by atoms with Crippen molar-refractivity contribution >= 4 is 34.9 Å². The number of benzene rings is 2. The molecule has 2 aromatic rings. The van der Waals surface area contributed by atoms with E-state index in [-0.39, 0.29) is 25.5 Å². The molecule has 0 radical (unpaired) electrons. The summed E-state index contributed by atoms with van der Waals surface area (Å²) in [5.74, 6) is -0.0421. The van der Waals surface area contributed by atoms with Gasteiger partial charge in [0, 0.05) is 13.0 Å². The van der Waals surface area contributed by atoms with Crippen molar-refractivity contribution in [3.8, 4) is 5.75 Å². The molecule has 1 atom stereocenters. The summed E-state index contributed by atoms with van der Waals surface area (Å²) in [6.07, 6.45) is 2.11. The molecule has 0 spiro atoms. The molecule has 2 N–H and O–H groups in total. The van der Waals surface area contributed by atoms with Crippen LogP contribution in [0.3, 0.4) is 0 Å². The molecule has 7 nitrogen and oxygen atoms in total. The second-order valence-corrected chi connectivity index (χ2v) is 7.99. The van der Waals surface area contributed by atoms with E-state index in [0.29, 0.717) is 17.1 Å². The average Bonchev–Trinajstić information content (AvgIpc) is 3.05. The smallest absolute Gasteiger partial charge is 0.293 e. The minimum absolute atomic E-state index is 0.0140.